The van der Waals surface area contributed by atoms with Crippen LogP contribution < -0.4 is 9.64 Å². The number of ether oxygens (including phenoxy) is 2. The number of anilines is 1. The molecule has 2 unspecified atom stereocenters. The molecule has 2 atom stereocenters. The van der Waals surface area contributed by atoms with E-state index in [1.54, 1.807) is 28.4 Å². The highest BCUT2D eigenvalue weighted by atomic mass is 32.2. The van der Waals surface area contributed by atoms with Crippen LogP contribution in [0.2, 0.25) is 0 Å². The Hall–Kier alpha value is -2.53. The molecule has 3 heterocycles. The summed E-state index contributed by atoms with van der Waals surface area (Å²) >= 11 is 1.42. The number of carbonyl (C=O) groups is 1. The van der Waals surface area contributed by atoms with Gasteiger partial charge >= 0.3 is 0 Å². The Kier molecular flexibility index (Phi) is 7.30. The zero-order valence-corrected chi connectivity index (χ0v) is 22.2. The number of piperidine rings is 1. The molecule has 0 N–H and O–H groups in total. The summed E-state index contributed by atoms with van der Waals surface area (Å²) in [4.78, 5) is 20.3. The molecule has 5 rings (SSSR count). The maximum atomic E-state index is 13.7. The number of thiazole rings is 1. The average Bonchev–Trinajstić information content (AvgIpc) is 3.56. The van der Waals surface area contributed by atoms with Crippen LogP contribution in [0.5, 0.6) is 5.75 Å². The highest BCUT2D eigenvalue weighted by molar-refractivity contribution is 7.89. The Labute approximate surface area is 215 Å². The summed E-state index contributed by atoms with van der Waals surface area (Å²) in [6, 6.07) is 12.0. The molecule has 0 saturated carbocycles. The van der Waals surface area contributed by atoms with Gasteiger partial charge in [-0.1, -0.05) is 24.3 Å². The number of rotatable bonds is 7. The predicted molar refractivity (Wildman–Crippen MR) is 140 cm³/mol. The number of nitrogens with zero attached hydrogens (tertiary/aromatic N) is 3. The quantitative estimate of drug-likeness (QED) is 0.446. The Morgan fingerprint density at radius 1 is 1.19 bits per heavy atom. The predicted octanol–water partition coefficient (Wildman–Crippen LogP) is 4.55. The van der Waals surface area contributed by atoms with Crippen molar-refractivity contribution in [3.8, 4) is 5.75 Å². The number of sulfonamides is 1. The first-order valence-electron chi connectivity index (χ1n) is 12.3. The van der Waals surface area contributed by atoms with Gasteiger partial charge in [-0.15, -0.1) is 0 Å². The fourth-order valence-corrected chi connectivity index (χ4v) is 7.46. The van der Waals surface area contributed by atoms with Crippen LogP contribution in [0.1, 0.15) is 43.0 Å². The molecule has 2 aliphatic rings. The lowest BCUT2D eigenvalue weighted by Gasteiger charge is -2.30. The molecule has 8 nitrogen and oxygen atoms in total. The molecule has 0 bridgehead atoms. The van der Waals surface area contributed by atoms with Gasteiger partial charge in [0, 0.05) is 25.3 Å². The van der Waals surface area contributed by atoms with Gasteiger partial charge in [0.2, 0.25) is 10.0 Å². The van der Waals surface area contributed by atoms with Crippen LogP contribution in [0.25, 0.3) is 10.2 Å². The molecule has 0 radical (unpaired) electrons. The molecule has 10 heteroatoms. The van der Waals surface area contributed by atoms with E-state index in [-0.39, 0.29) is 16.9 Å². The van der Waals surface area contributed by atoms with Crippen molar-refractivity contribution in [2.45, 2.75) is 43.6 Å². The van der Waals surface area contributed by atoms with E-state index in [2.05, 4.69) is 6.92 Å². The Balaban J connectivity index is 1.44. The van der Waals surface area contributed by atoms with Crippen molar-refractivity contribution >= 4 is 42.6 Å². The molecule has 0 aliphatic carbocycles. The van der Waals surface area contributed by atoms with Crippen molar-refractivity contribution in [2.24, 2.45) is 5.92 Å². The van der Waals surface area contributed by atoms with Gasteiger partial charge in [0.05, 0.1) is 29.4 Å². The van der Waals surface area contributed by atoms with Crippen molar-refractivity contribution in [3.63, 3.8) is 0 Å². The van der Waals surface area contributed by atoms with E-state index >= 15 is 0 Å². The van der Waals surface area contributed by atoms with Crippen molar-refractivity contribution in [1.82, 2.24) is 9.29 Å². The maximum Gasteiger partial charge on any atom is 0.260 e. The number of fused-ring (bicyclic) bond motifs is 1. The van der Waals surface area contributed by atoms with Crippen LogP contribution in [-0.2, 0) is 14.8 Å². The second-order valence-electron chi connectivity index (χ2n) is 9.49. The van der Waals surface area contributed by atoms with Gasteiger partial charge in [0.25, 0.3) is 5.91 Å². The zero-order chi connectivity index (χ0) is 25.3. The monoisotopic (exact) mass is 529 g/mol. The van der Waals surface area contributed by atoms with Crippen LogP contribution in [0, 0.1) is 5.92 Å². The Morgan fingerprint density at radius 3 is 2.69 bits per heavy atom. The minimum atomic E-state index is -3.59. The molecule has 2 fully saturated rings. The van der Waals surface area contributed by atoms with Crippen molar-refractivity contribution in [3.05, 3.63) is 48.0 Å². The molecule has 2 aromatic carbocycles. The third kappa shape index (κ3) is 5.00. The standard InChI is InChI=1S/C26H31N3O5S2/c1-18-6-4-14-28(16-18)36(31,32)21-12-10-19(11-13-21)25(30)29(17-20-7-5-15-34-20)26-27-24-22(33-2)8-3-9-23(24)35-26/h3,8-13,18,20H,4-7,14-17H2,1-2H3. The fourth-order valence-electron chi connectivity index (χ4n) is 4.87. The van der Waals surface area contributed by atoms with Crippen molar-refractivity contribution < 1.29 is 22.7 Å². The zero-order valence-electron chi connectivity index (χ0n) is 20.6. The first kappa shape index (κ1) is 25.1. The van der Waals surface area contributed by atoms with E-state index in [0.29, 0.717) is 54.1 Å². The smallest absolute Gasteiger partial charge is 0.260 e. The van der Waals surface area contributed by atoms with E-state index in [1.807, 2.05) is 18.2 Å². The van der Waals surface area contributed by atoms with Gasteiger partial charge in [0.1, 0.15) is 11.3 Å². The number of hydrogen-bond donors (Lipinski definition) is 0. The van der Waals surface area contributed by atoms with Gasteiger partial charge < -0.3 is 9.47 Å². The molecule has 36 heavy (non-hydrogen) atoms. The lowest BCUT2D eigenvalue weighted by atomic mass is 10.0. The fraction of sp³-hybridized carbons (Fsp3) is 0.462. The minimum Gasteiger partial charge on any atom is -0.494 e. The van der Waals surface area contributed by atoms with Gasteiger partial charge in [-0.25, -0.2) is 13.4 Å². The summed E-state index contributed by atoms with van der Waals surface area (Å²) in [5, 5.41) is 0.564. The molecule has 1 amide bonds. The molecule has 2 saturated heterocycles. The highest BCUT2D eigenvalue weighted by Crippen LogP contribution is 2.35. The van der Waals surface area contributed by atoms with Crippen LogP contribution in [-0.4, -0.2) is 63.1 Å². The number of aromatic nitrogens is 1. The number of benzene rings is 2. The first-order chi connectivity index (χ1) is 17.4. The van der Waals surface area contributed by atoms with Crippen LogP contribution >= 0.6 is 11.3 Å². The Morgan fingerprint density at radius 2 is 2.00 bits per heavy atom. The van der Waals surface area contributed by atoms with Gasteiger partial charge in [-0.3, -0.25) is 9.69 Å². The van der Waals surface area contributed by atoms with E-state index in [4.69, 9.17) is 14.5 Å². The molecular formula is C26H31N3O5S2. The summed E-state index contributed by atoms with van der Waals surface area (Å²) in [6.07, 6.45) is 3.68. The summed E-state index contributed by atoms with van der Waals surface area (Å²) in [7, 11) is -1.99. The van der Waals surface area contributed by atoms with Gasteiger partial charge in [0.15, 0.2) is 5.13 Å². The average molecular weight is 530 g/mol. The maximum absolute atomic E-state index is 13.7. The normalized spacial score (nSPS) is 21.1. The van der Waals surface area contributed by atoms with E-state index in [1.165, 1.54) is 23.5 Å². The number of hydrogen-bond acceptors (Lipinski definition) is 7. The lowest BCUT2D eigenvalue weighted by Crippen LogP contribution is -2.39. The van der Waals surface area contributed by atoms with Crippen LogP contribution in [0.3, 0.4) is 0 Å². The van der Waals surface area contributed by atoms with Crippen molar-refractivity contribution in [2.75, 3.05) is 38.3 Å². The summed E-state index contributed by atoms with van der Waals surface area (Å²) in [5.41, 5.74) is 1.12. The molecule has 0 spiro atoms. The number of para-hydroxylation sites is 1. The summed E-state index contributed by atoms with van der Waals surface area (Å²) in [6.45, 7) is 4.20. The molecule has 3 aromatic rings. The number of amides is 1. The molecule has 192 valence electrons. The van der Waals surface area contributed by atoms with Gasteiger partial charge in [-0.2, -0.15) is 4.31 Å². The largest absolute Gasteiger partial charge is 0.494 e. The second kappa shape index (κ2) is 10.5. The summed E-state index contributed by atoms with van der Waals surface area (Å²) < 4.78 is 40.1. The summed E-state index contributed by atoms with van der Waals surface area (Å²) in [5.74, 6) is 0.758. The van der Waals surface area contributed by atoms with E-state index in [0.717, 1.165) is 30.4 Å². The number of carbonyl (C=O) groups excluding carboxylic acids is 1. The van der Waals surface area contributed by atoms with Crippen molar-refractivity contribution in [1.29, 1.82) is 0 Å². The van der Waals surface area contributed by atoms with E-state index < -0.39 is 10.0 Å². The molecule has 2 aliphatic heterocycles. The minimum absolute atomic E-state index is 0.0661. The molecular weight excluding hydrogens is 498 g/mol. The molecule has 1 aromatic heterocycles. The second-order valence-corrected chi connectivity index (χ2v) is 12.4. The number of methoxy groups -OCH3 is 1. The third-order valence-electron chi connectivity index (χ3n) is 6.84. The third-order valence-corrected chi connectivity index (χ3v) is 9.76. The van der Waals surface area contributed by atoms with Crippen LogP contribution in [0.15, 0.2) is 47.4 Å². The topological polar surface area (TPSA) is 89.0 Å². The lowest BCUT2D eigenvalue weighted by molar-refractivity contribution is 0.0917. The Bertz CT molecular complexity index is 1330. The first-order valence-corrected chi connectivity index (χ1v) is 14.6. The highest BCUT2D eigenvalue weighted by Gasteiger charge is 2.30. The van der Waals surface area contributed by atoms with Gasteiger partial charge in [-0.05, 0) is 68.0 Å². The van der Waals surface area contributed by atoms with Crippen LogP contribution in [0.4, 0.5) is 5.13 Å². The van der Waals surface area contributed by atoms with E-state index in [9.17, 15) is 13.2 Å². The SMILES string of the molecule is COc1cccc2sc(N(CC3CCCO3)C(=O)c3ccc(S(=O)(=O)N4CCCC(C)C4)cc3)nc12.